The molecular weight excluding hydrogens is 247 g/mol. The van der Waals surface area contributed by atoms with Gasteiger partial charge in [-0.1, -0.05) is 0 Å². The third kappa shape index (κ3) is 10400. The van der Waals surface area contributed by atoms with Gasteiger partial charge in [0.1, 0.15) is 0 Å². The topological polar surface area (TPSA) is 158 Å². The Balaban J connectivity index is -0.000000107. The average Bonchev–Trinajstić information content (AvgIpc) is 1.12. The first-order chi connectivity index (χ1) is 4.00. The molecule has 0 aliphatic rings. The van der Waals surface area contributed by atoms with Crippen LogP contribution in [0.1, 0.15) is 0 Å². The predicted octanol–water partition coefficient (Wildman–Crippen LogP) is -2.34. The normalized spacial score (nSPS) is 10.5. The molecule has 0 aromatic heterocycles. The molecule has 0 radical (unpaired) electrons. The zero-order valence-corrected chi connectivity index (χ0v) is 7.31. The number of hydrogen-bond donors (Lipinski definition) is 1. The second kappa shape index (κ2) is 5.85. The molecule has 0 fully saturated rings. The van der Waals surface area contributed by atoms with Crippen molar-refractivity contribution < 1.29 is 52.1 Å². The van der Waals surface area contributed by atoms with Crippen molar-refractivity contribution in [3.8, 4) is 0 Å². The van der Waals surface area contributed by atoms with Gasteiger partial charge in [0.25, 0.3) is 0 Å². The van der Waals surface area contributed by atoms with Gasteiger partial charge in [-0.2, -0.15) is 0 Å². The van der Waals surface area contributed by atoms with Crippen molar-refractivity contribution >= 4 is 20.8 Å². The Morgan fingerprint density at radius 3 is 0.909 bits per heavy atom. The zero-order chi connectivity index (χ0) is 9.00. The Hall–Kier alpha value is 0.259. The summed E-state index contributed by atoms with van der Waals surface area (Å²) in [6.07, 6.45) is 0. The third-order valence-corrected chi connectivity index (χ3v) is 0. The molecule has 1 N–H and O–H groups in total. The van der Waals surface area contributed by atoms with Gasteiger partial charge in [-0.15, -0.1) is 0 Å². The SMILES string of the molecule is O=S(=O)([O-])O.O=S(=O)([O-])[O-].[Mn+3]. The van der Waals surface area contributed by atoms with E-state index >= 15 is 0 Å². The maximum Gasteiger partial charge on any atom is 3.00 e. The van der Waals surface area contributed by atoms with Crippen molar-refractivity contribution in [2.45, 2.75) is 0 Å². The van der Waals surface area contributed by atoms with E-state index in [0.29, 0.717) is 0 Å². The van der Waals surface area contributed by atoms with Gasteiger partial charge in [-0.05, 0) is 0 Å². The van der Waals surface area contributed by atoms with Crippen molar-refractivity contribution in [3.63, 3.8) is 0 Å². The van der Waals surface area contributed by atoms with Crippen molar-refractivity contribution in [3.05, 3.63) is 0 Å². The van der Waals surface area contributed by atoms with Crippen LogP contribution in [-0.4, -0.2) is 35.0 Å². The van der Waals surface area contributed by atoms with E-state index in [-0.39, 0.29) is 17.1 Å². The maximum atomic E-state index is 8.63. The summed E-state index contributed by atoms with van der Waals surface area (Å²) in [6.45, 7) is 0. The molecule has 0 rings (SSSR count). The van der Waals surface area contributed by atoms with Gasteiger partial charge in [-0.25, -0.2) is 8.42 Å². The van der Waals surface area contributed by atoms with Crippen LogP contribution in [0.2, 0.25) is 0 Å². The smallest absolute Gasteiger partial charge is 0.759 e. The molecule has 0 bridgehead atoms. The van der Waals surface area contributed by atoms with E-state index in [1.54, 1.807) is 0 Å². The fraction of sp³-hybridized carbons (Fsp3) is 0. The third-order valence-electron chi connectivity index (χ3n) is 0. The van der Waals surface area contributed by atoms with Gasteiger partial charge >= 0.3 is 17.1 Å². The monoisotopic (exact) mass is 248 g/mol. The average molecular weight is 248 g/mol. The molecule has 0 saturated heterocycles. The van der Waals surface area contributed by atoms with Crippen molar-refractivity contribution in [1.29, 1.82) is 0 Å². The minimum absolute atomic E-state index is 0. The summed E-state index contributed by atoms with van der Waals surface area (Å²) >= 11 is 0. The summed E-state index contributed by atoms with van der Waals surface area (Å²) in [5, 5.41) is 0. The van der Waals surface area contributed by atoms with Gasteiger partial charge in [0.05, 0.1) is 0 Å². The summed E-state index contributed by atoms with van der Waals surface area (Å²) in [4.78, 5) is 0. The molecule has 11 heteroatoms. The summed E-state index contributed by atoms with van der Waals surface area (Å²) in [5.41, 5.74) is 0. The minimum Gasteiger partial charge on any atom is -0.759 e. The largest absolute Gasteiger partial charge is 3.00 e. The molecule has 0 aromatic carbocycles. The maximum absolute atomic E-state index is 8.63. The molecule has 0 unspecified atom stereocenters. The second-order valence-electron chi connectivity index (χ2n) is 0.836. The summed E-state index contributed by atoms with van der Waals surface area (Å²) in [5.74, 6) is 0. The van der Waals surface area contributed by atoms with Gasteiger partial charge < -0.3 is 13.7 Å². The zero-order valence-electron chi connectivity index (χ0n) is 4.50. The Morgan fingerprint density at radius 1 is 0.909 bits per heavy atom. The van der Waals surface area contributed by atoms with Crippen LogP contribution in [0.25, 0.3) is 0 Å². The summed E-state index contributed by atoms with van der Waals surface area (Å²) < 4.78 is 66.9. The van der Waals surface area contributed by atoms with Crippen LogP contribution in [0.4, 0.5) is 0 Å². The summed E-state index contributed by atoms with van der Waals surface area (Å²) in [6, 6.07) is 0. The first-order valence-corrected chi connectivity index (χ1v) is 4.05. The predicted molar refractivity (Wildman–Crippen MR) is 22.8 cm³/mol. The molecule has 0 aliphatic heterocycles. The van der Waals surface area contributed by atoms with E-state index in [0.717, 1.165) is 0 Å². The van der Waals surface area contributed by atoms with E-state index in [1.165, 1.54) is 0 Å². The first-order valence-electron chi connectivity index (χ1n) is 1.35. The van der Waals surface area contributed by atoms with Crippen LogP contribution in [0.15, 0.2) is 0 Å². The molecule has 8 nitrogen and oxygen atoms in total. The van der Waals surface area contributed by atoms with E-state index < -0.39 is 20.8 Å². The number of hydrogen-bond acceptors (Lipinski definition) is 7. The fourth-order valence-corrected chi connectivity index (χ4v) is 0. The van der Waals surface area contributed by atoms with Crippen LogP contribution in [0.5, 0.6) is 0 Å². The van der Waals surface area contributed by atoms with Crippen LogP contribution in [0.3, 0.4) is 0 Å². The molecule has 0 heterocycles. The molecular formula is HMnO8S2. The van der Waals surface area contributed by atoms with Gasteiger partial charge in [0.15, 0.2) is 0 Å². The van der Waals surface area contributed by atoms with Crippen molar-refractivity contribution in [2.75, 3.05) is 0 Å². The molecule has 0 aliphatic carbocycles. The van der Waals surface area contributed by atoms with Crippen LogP contribution in [-0.2, 0) is 37.9 Å². The molecule has 0 aromatic rings. The Bertz CT molecular complexity index is 208. The molecule has 0 saturated carbocycles. The van der Waals surface area contributed by atoms with Crippen LogP contribution >= 0.6 is 0 Å². The van der Waals surface area contributed by atoms with Crippen molar-refractivity contribution in [1.82, 2.24) is 0 Å². The minimum atomic E-state index is -5.17. The Labute approximate surface area is 73.2 Å². The van der Waals surface area contributed by atoms with E-state index in [2.05, 4.69) is 0 Å². The first kappa shape index (κ1) is 17.4. The molecule has 0 amide bonds. The molecule has 0 spiro atoms. The summed E-state index contributed by atoms with van der Waals surface area (Å²) in [7, 11) is -10.1. The van der Waals surface area contributed by atoms with Crippen molar-refractivity contribution in [2.24, 2.45) is 0 Å². The number of rotatable bonds is 0. The van der Waals surface area contributed by atoms with Gasteiger partial charge in [-0.3, -0.25) is 13.0 Å². The van der Waals surface area contributed by atoms with E-state index in [9.17, 15) is 0 Å². The van der Waals surface area contributed by atoms with Gasteiger partial charge in [0, 0.05) is 10.4 Å². The van der Waals surface area contributed by atoms with Crippen LogP contribution < -0.4 is 0 Å². The molecule has 11 heavy (non-hydrogen) atoms. The standard InChI is InChI=1S/Mn.2H2O4S/c;2*1-5(2,3)4/h;2*(H2,1,2,3,4)/q+3;;/p-3. The molecule has 68 valence electrons. The fourth-order valence-electron chi connectivity index (χ4n) is 0. The van der Waals surface area contributed by atoms with Gasteiger partial charge in [0.2, 0.25) is 10.4 Å². The Morgan fingerprint density at radius 2 is 0.909 bits per heavy atom. The quantitative estimate of drug-likeness (QED) is 0.283. The Kier molecular flexibility index (Phi) is 9.24. The van der Waals surface area contributed by atoms with E-state index in [1.807, 2.05) is 0 Å². The second-order valence-corrected chi connectivity index (χ2v) is 2.51. The van der Waals surface area contributed by atoms with Crippen LogP contribution in [0, 0.1) is 0 Å². The van der Waals surface area contributed by atoms with E-state index in [4.69, 9.17) is 35.0 Å². The molecule has 0 atom stereocenters.